The van der Waals surface area contributed by atoms with Gasteiger partial charge in [0.15, 0.2) is 0 Å². The van der Waals surface area contributed by atoms with E-state index >= 15 is 0 Å². The average molecular weight is 479 g/mol. The Morgan fingerprint density at radius 3 is 2.57 bits per heavy atom. The maximum Gasteiger partial charge on any atom is 0.323 e. The molecule has 10 heteroatoms. The van der Waals surface area contributed by atoms with Crippen LogP contribution >= 0.6 is 0 Å². The van der Waals surface area contributed by atoms with Crippen LogP contribution in [0.4, 0.5) is 16.2 Å². The highest BCUT2D eigenvalue weighted by Gasteiger charge is 2.39. The van der Waals surface area contributed by atoms with Gasteiger partial charge in [-0.05, 0) is 55.3 Å². The van der Waals surface area contributed by atoms with E-state index < -0.39 is 6.03 Å². The molecule has 0 aromatic heterocycles. The molecule has 0 radical (unpaired) electrons. The molecule has 0 saturated carbocycles. The Bertz CT molecular complexity index is 1160. The summed E-state index contributed by atoms with van der Waals surface area (Å²) in [7, 11) is 3.06. The SMILES string of the molecule is COC(=O)C[C@H]1CC[C@@H]2[C@H](COc3ccc(NC(=O)Nc4ccc(C#N)cc4)cc3C(=O)N2C)O1. The number of likely N-dealkylation sites (N-methyl/N-ethyl adjacent to an activating group) is 1. The van der Waals surface area contributed by atoms with Gasteiger partial charge in [-0.1, -0.05) is 0 Å². The molecule has 0 aliphatic carbocycles. The van der Waals surface area contributed by atoms with Gasteiger partial charge in [0, 0.05) is 18.4 Å². The van der Waals surface area contributed by atoms with Gasteiger partial charge < -0.3 is 29.7 Å². The summed E-state index contributed by atoms with van der Waals surface area (Å²) < 4.78 is 16.7. The Hall–Kier alpha value is -4.10. The summed E-state index contributed by atoms with van der Waals surface area (Å²) in [6.07, 6.45) is 0.788. The van der Waals surface area contributed by atoms with Crippen molar-refractivity contribution < 1.29 is 28.6 Å². The number of methoxy groups -OCH3 is 1. The van der Waals surface area contributed by atoms with Gasteiger partial charge in [0.25, 0.3) is 5.91 Å². The fourth-order valence-corrected chi connectivity index (χ4v) is 4.30. The van der Waals surface area contributed by atoms with Crippen molar-refractivity contribution in [3.05, 3.63) is 53.6 Å². The molecule has 2 aliphatic rings. The zero-order valence-corrected chi connectivity index (χ0v) is 19.4. The van der Waals surface area contributed by atoms with Crippen molar-refractivity contribution in [2.45, 2.75) is 37.5 Å². The van der Waals surface area contributed by atoms with E-state index in [1.807, 2.05) is 6.07 Å². The van der Waals surface area contributed by atoms with Crippen LogP contribution < -0.4 is 15.4 Å². The second kappa shape index (κ2) is 10.4. The van der Waals surface area contributed by atoms with Gasteiger partial charge in [-0.2, -0.15) is 5.26 Å². The number of nitrogens with zero attached hydrogens (tertiary/aromatic N) is 2. The first kappa shape index (κ1) is 24.0. The van der Waals surface area contributed by atoms with E-state index in [4.69, 9.17) is 19.5 Å². The summed E-state index contributed by atoms with van der Waals surface area (Å²) in [6, 6.07) is 12.6. The number of nitrogens with one attached hydrogen (secondary N) is 2. The fourth-order valence-electron chi connectivity index (χ4n) is 4.30. The summed E-state index contributed by atoms with van der Waals surface area (Å²) in [5, 5.41) is 14.3. The number of nitriles is 1. The summed E-state index contributed by atoms with van der Waals surface area (Å²) in [4.78, 5) is 39.0. The summed E-state index contributed by atoms with van der Waals surface area (Å²) in [5.74, 6) is -0.198. The van der Waals surface area contributed by atoms with E-state index in [1.54, 1.807) is 54.4 Å². The number of rotatable bonds is 4. The number of fused-ring (bicyclic) bond motifs is 2. The first-order valence-corrected chi connectivity index (χ1v) is 11.2. The van der Waals surface area contributed by atoms with Crippen LogP contribution in [0.3, 0.4) is 0 Å². The number of esters is 1. The van der Waals surface area contributed by atoms with Gasteiger partial charge in [0.2, 0.25) is 0 Å². The summed E-state index contributed by atoms with van der Waals surface area (Å²) in [6.45, 7) is 0.221. The lowest BCUT2D eigenvalue weighted by Gasteiger charge is -2.42. The molecule has 2 N–H and O–H groups in total. The molecule has 4 rings (SSSR count). The van der Waals surface area contributed by atoms with Crippen LogP contribution in [-0.4, -0.2) is 61.8 Å². The van der Waals surface area contributed by atoms with E-state index in [0.29, 0.717) is 41.1 Å². The average Bonchev–Trinajstić information content (AvgIpc) is 2.86. The van der Waals surface area contributed by atoms with E-state index in [2.05, 4.69) is 10.6 Å². The molecular weight excluding hydrogens is 452 g/mol. The molecule has 2 aromatic rings. The number of hydrogen-bond donors (Lipinski definition) is 2. The normalized spacial score (nSPS) is 21.2. The molecule has 182 valence electrons. The lowest BCUT2D eigenvalue weighted by atomic mass is 9.94. The van der Waals surface area contributed by atoms with Crippen LogP contribution in [0.1, 0.15) is 35.2 Å². The number of hydrogen-bond acceptors (Lipinski definition) is 7. The minimum atomic E-state index is -0.486. The minimum absolute atomic E-state index is 0.160. The maximum atomic E-state index is 13.3. The molecular formula is C25H26N4O6. The standard InChI is InChI=1S/C25H26N4O6/c1-29-20-9-8-18(12-23(30)33-2)35-22(20)14-34-21-10-7-17(11-19(21)24(29)31)28-25(32)27-16-5-3-15(13-26)4-6-16/h3-7,10-11,18,20,22H,8-9,12,14H2,1-2H3,(H2,27,28,32)/t18-,20-,22+/m1/s1. The first-order chi connectivity index (χ1) is 16.9. The van der Waals surface area contributed by atoms with E-state index in [0.717, 1.165) is 0 Å². The smallest absolute Gasteiger partial charge is 0.323 e. The zero-order chi connectivity index (χ0) is 24.9. The van der Waals surface area contributed by atoms with Crippen molar-refractivity contribution in [3.8, 4) is 11.8 Å². The van der Waals surface area contributed by atoms with Crippen molar-refractivity contribution in [3.63, 3.8) is 0 Å². The highest BCUT2D eigenvalue weighted by atomic mass is 16.5. The Morgan fingerprint density at radius 1 is 1.14 bits per heavy atom. The molecule has 35 heavy (non-hydrogen) atoms. The number of amides is 3. The van der Waals surface area contributed by atoms with Crippen LogP contribution in [0.2, 0.25) is 0 Å². The summed E-state index contributed by atoms with van der Waals surface area (Å²) >= 11 is 0. The first-order valence-electron chi connectivity index (χ1n) is 11.2. The molecule has 0 unspecified atom stereocenters. The maximum absolute atomic E-state index is 13.3. The van der Waals surface area contributed by atoms with Crippen LogP contribution in [-0.2, 0) is 14.3 Å². The molecule has 2 heterocycles. The number of carbonyl (C=O) groups is 3. The lowest BCUT2D eigenvalue weighted by molar-refractivity contribution is -0.151. The van der Waals surface area contributed by atoms with Crippen molar-refractivity contribution in [2.24, 2.45) is 0 Å². The molecule has 3 amide bonds. The van der Waals surface area contributed by atoms with Crippen molar-refractivity contribution in [1.82, 2.24) is 4.90 Å². The minimum Gasteiger partial charge on any atom is -0.490 e. The van der Waals surface area contributed by atoms with Crippen LogP contribution in [0, 0.1) is 11.3 Å². The third kappa shape index (κ3) is 5.53. The number of anilines is 2. The topological polar surface area (TPSA) is 130 Å². The summed E-state index contributed by atoms with van der Waals surface area (Å²) in [5.41, 5.74) is 1.78. The van der Waals surface area contributed by atoms with Gasteiger partial charge in [0.1, 0.15) is 18.5 Å². The third-order valence-electron chi connectivity index (χ3n) is 6.16. The predicted octanol–water partition coefficient (Wildman–Crippen LogP) is 3.15. The van der Waals surface area contributed by atoms with Gasteiger partial charge in [-0.3, -0.25) is 9.59 Å². The number of carbonyl (C=O) groups excluding carboxylic acids is 3. The molecule has 3 atom stereocenters. The van der Waals surface area contributed by atoms with Crippen LogP contribution in [0.15, 0.2) is 42.5 Å². The third-order valence-corrected chi connectivity index (χ3v) is 6.16. The van der Waals surface area contributed by atoms with Gasteiger partial charge in [-0.15, -0.1) is 0 Å². The predicted molar refractivity (Wildman–Crippen MR) is 126 cm³/mol. The second-order valence-electron chi connectivity index (χ2n) is 8.43. The zero-order valence-electron chi connectivity index (χ0n) is 19.4. The number of ether oxygens (including phenoxy) is 3. The molecule has 2 aromatic carbocycles. The van der Waals surface area contributed by atoms with Crippen LogP contribution in [0.25, 0.3) is 0 Å². The Balaban J connectivity index is 1.45. The highest BCUT2D eigenvalue weighted by molar-refractivity contribution is 6.02. The van der Waals surface area contributed by atoms with Crippen molar-refractivity contribution in [2.75, 3.05) is 31.4 Å². The quantitative estimate of drug-likeness (QED) is 0.646. The number of urea groups is 1. The van der Waals surface area contributed by atoms with E-state index in [-0.39, 0.29) is 43.2 Å². The number of benzene rings is 2. The Kier molecular flexibility index (Phi) is 7.17. The van der Waals surface area contributed by atoms with E-state index in [1.165, 1.54) is 7.11 Å². The highest BCUT2D eigenvalue weighted by Crippen LogP contribution is 2.32. The van der Waals surface area contributed by atoms with Gasteiger partial charge >= 0.3 is 12.0 Å². The van der Waals surface area contributed by atoms with Crippen LogP contribution in [0.5, 0.6) is 5.75 Å². The Morgan fingerprint density at radius 2 is 1.86 bits per heavy atom. The largest absolute Gasteiger partial charge is 0.490 e. The fraction of sp³-hybridized carbons (Fsp3) is 0.360. The monoisotopic (exact) mass is 478 g/mol. The molecule has 1 saturated heterocycles. The second-order valence-corrected chi connectivity index (χ2v) is 8.43. The molecule has 10 nitrogen and oxygen atoms in total. The molecule has 0 spiro atoms. The van der Waals surface area contributed by atoms with Crippen molar-refractivity contribution >= 4 is 29.3 Å². The molecule has 1 fully saturated rings. The van der Waals surface area contributed by atoms with Gasteiger partial charge in [0.05, 0.1) is 42.9 Å². The van der Waals surface area contributed by atoms with E-state index in [9.17, 15) is 14.4 Å². The molecule has 2 aliphatic heterocycles. The van der Waals surface area contributed by atoms with Crippen molar-refractivity contribution in [1.29, 1.82) is 5.26 Å². The molecule has 0 bridgehead atoms. The van der Waals surface area contributed by atoms with Gasteiger partial charge in [-0.25, -0.2) is 4.79 Å². The lowest BCUT2D eigenvalue weighted by Crippen LogP contribution is -2.53. The Labute approximate surface area is 202 Å².